The van der Waals surface area contributed by atoms with Crippen molar-refractivity contribution in [1.82, 2.24) is 5.32 Å². The van der Waals surface area contributed by atoms with E-state index in [4.69, 9.17) is 4.74 Å². The van der Waals surface area contributed by atoms with E-state index in [1.165, 1.54) is 12.7 Å². The summed E-state index contributed by atoms with van der Waals surface area (Å²) in [5.41, 5.74) is 1.94. The molecule has 1 aliphatic rings. The highest BCUT2D eigenvalue weighted by Crippen LogP contribution is 2.34. The number of hydrogen-bond acceptors (Lipinski definition) is 3. The number of aryl methyl sites for hydroxylation is 1. The monoisotopic (exact) mass is 247 g/mol. The number of carbonyl (C=O) groups excluding carboxylic acids is 1. The van der Waals surface area contributed by atoms with Crippen LogP contribution in [0.15, 0.2) is 24.3 Å². The number of hydrogen-bond donors (Lipinski definition) is 1. The van der Waals surface area contributed by atoms with Gasteiger partial charge in [0.2, 0.25) is 0 Å². The van der Waals surface area contributed by atoms with Crippen LogP contribution < -0.4 is 5.32 Å². The smallest absolute Gasteiger partial charge is 0.316 e. The van der Waals surface area contributed by atoms with Gasteiger partial charge in [-0.3, -0.25) is 4.79 Å². The summed E-state index contributed by atoms with van der Waals surface area (Å²) < 4.78 is 5.04. The maximum atomic E-state index is 12.2. The molecule has 3 nitrogen and oxygen atoms in total. The van der Waals surface area contributed by atoms with Gasteiger partial charge in [0.15, 0.2) is 0 Å². The van der Waals surface area contributed by atoms with Gasteiger partial charge in [0.05, 0.1) is 12.5 Å². The zero-order valence-corrected chi connectivity index (χ0v) is 11.2. The summed E-state index contributed by atoms with van der Waals surface area (Å²) in [5, 5.41) is 3.30. The van der Waals surface area contributed by atoms with Crippen molar-refractivity contribution >= 4 is 5.97 Å². The first-order valence-electron chi connectivity index (χ1n) is 6.61. The van der Waals surface area contributed by atoms with Crippen molar-refractivity contribution in [3.05, 3.63) is 35.4 Å². The number of ether oxygens (including phenoxy) is 1. The van der Waals surface area contributed by atoms with E-state index < -0.39 is 5.41 Å². The second-order valence-electron chi connectivity index (χ2n) is 4.87. The molecule has 0 amide bonds. The predicted molar refractivity (Wildman–Crippen MR) is 71.6 cm³/mol. The lowest BCUT2D eigenvalue weighted by Gasteiger charge is -2.35. The van der Waals surface area contributed by atoms with Gasteiger partial charge in [-0.15, -0.1) is 0 Å². The summed E-state index contributed by atoms with van der Waals surface area (Å²) in [4.78, 5) is 12.2. The third kappa shape index (κ3) is 2.27. The maximum Gasteiger partial charge on any atom is 0.316 e. The Morgan fingerprint density at radius 1 is 1.28 bits per heavy atom. The highest BCUT2D eigenvalue weighted by molar-refractivity contribution is 5.83. The SMILES string of the molecule is CCc1ccc(C2(C(=O)OC)CCNCC2)cc1. The Bertz CT molecular complexity index is 405. The molecule has 3 heteroatoms. The molecule has 1 fully saturated rings. The Labute approximate surface area is 109 Å². The summed E-state index contributed by atoms with van der Waals surface area (Å²) in [5.74, 6) is -0.103. The van der Waals surface area contributed by atoms with Crippen LogP contribution in [0.5, 0.6) is 0 Å². The second-order valence-corrected chi connectivity index (χ2v) is 4.87. The van der Waals surface area contributed by atoms with Crippen molar-refractivity contribution in [2.75, 3.05) is 20.2 Å². The molecule has 0 atom stereocenters. The molecule has 0 aliphatic carbocycles. The average molecular weight is 247 g/mol. The fourth-order valence-electron chi connectivity index (χ4n) is 2.72. The van der Waals surface area contributed by atoms with Crippen molar-refractivity contribution in [2.24, 2.45) is 0 Å². The van der Waals surface area contributed by atoms with E-state index in [9.17, 15) is 4.79 Å². The van der Waals surface area contributed by atoms with Gasteiger partial charge in [0, 0.05) is 0 Å². The Balaban J connectivity index is 2.35. The first-order valence-corrected chi connectivity index (χ1v) is 6.61. The molecule has 1 aromatic carbocycles. The molecule has 1 aliphatic heterocycles. The molecule has 18 heavy (non-hydrogen) atoms. The molecular formula is C15H21NO2. The minimum atomic E-state index is -0.452. The van der Waals surface area contributed by atoms with Crippen LogP contribution >= 0.6 is 0 Å². The number of esters is 1. The molecule has 2 rings (SSSR count). The molecule has 0 unspecified atom stereocenters. The van der Waals surface area contributed by atoms with Gasteiger partial charge >= 0.3 is 5.97 Å². The molecule has 0 spiro atoms. The van der Waals surface area contributed by atoms with E-state index in [2.05, 4.69) is 36.5 Å². The van der Waals surface area contributed by atoms with Crippen LogP contribution in [0.3, 0.4) is 0 Å². The minimum Gasteiger partial charge on any atom is -0.468 e. The number of methoxy groups -OCH3 is 1. The second kappa shape index (κ2) is 5.53. The fraction of sp³-hybridized carbons (Fsp3) is 0.533. The summed E-state index contributed by atoms with van der Waals surface area (Å²) >= 11 is 0. The molecule has 1 aromatic rings. The Kier molecular flexibility index (Phi) is 4.02. The van der Waals surface area contributed by atoms with Gasteiger partial charge in [0.1, 0.15) is 0 Å². The van der Waals surface area contributed by atoms with E-state index in [0.29, 0.717) is 0 Å². The number of carbonyl (C=O) groups is 1. The largest absolute Gasteiger partial charge is 0.468 e. The zero-order chi connectivity index (χ0) is 13.0. The van der Waals surface area contributed by atoms with Crippen molar-refractivity contribution in [3.8, 4) is 0 Å². The molecule has 0 aromatic heterocycles. The van der Waals surface area contributed by atoms with E-state index in [0.717, 1.165) is 37.9 Å². The molecule has 0 radical (unpaired) electrons. The molecule has 1 N–H and O–H groups in total. The minimum absolute atomic E-state index is 0.103. The summed E-state index contributed by atoms with van der Waals surface area (Å²) in [7, 11) is 1.48. The van der Waals surface area contributed by atoms with Crippen LogP contribution in [0.25, 0.3) is 0 Å². The van der Waals surface area contributed by atoms with Crippen LogP contribution in [-0.4, -0.2) is 26.2 Å². The maximum absolute atomic E-state index is 12.2. The quantitative estimate of drug-likeness (QED) is 0.831. The first kappa shape index (κ1) is 13.1. The van der Waals surface area contributed by atoms with E-state index >= 15 is 0 Å². The van der Waals surface area contributed by atoms with Crippen molar-refractivity contribution < 1.29 is 9.53 Å². The Hall–Kier alpha value is -1.35. The number of piperidine rings is 1. The third-order valence-electron chi connectivity index (χ3n) is 3.95. The lowest BCUT2D eigenvalue weighted by atomic mass is 9.73. The first-order chi connectivity index (χ1) is 8.73. The normalized spacial score (nSPS) is 18.3. The molecule has 0 bridgehead atoms. The summed E-state index contributed by atoms with van der Waals surface area (Å²) in [6, 6.07) is 8.40. The lowest BCUT2D eigenvalue weighted by Crippen LogP contribution is -2.46. The Morgan fingerprint density at radius 2 is 1.89 bits per heavy atom. The summed E-state index contributed by atoms with van der Waals surface area (Å²) in [6.07, 6.45) is 2.64. The van der Waals surface area contributed by atoms with Crippen molar-refractivity contribution in [3.63, 3.8) is 0 Å². The van der Waals surface area contributed by atoms with E-state index in [1.54, 1.807) is 0 Å². The highest BCUT2D eigenvalue weighted by atomic mass is 16.5. The van der Waals surface area contributed by atoms with Gasteiger partial charge in [-0.05, 0) is 43.5 Å². The van der Waals surface area contributed by atoms with E-state index in [1.807, 2.05) is 0 Å². The van der Waals surface area contributed by atoms with E-state index in [-0.39, 0.29) is 5.97 Å². The van der Waals surface area contributed by atoms with Gasteiger partial charge in [-0.2, -0.15) is 0 Å². The lowest BCUT2D eigenvalue weighted by molar-refractivity contribution is -0.148. The molecule has 98 valence electrons. The van der Waals surface area contributed by atoms with Crippen LogP contribution in [0.1, 0.15) is 30.9 Å². The van der Waals surface area contributed by atoms with Crippen LogP contribution in [0.2, 0.25) is 0 Å². The number of rotatable bonds is 3. The van der Waals surface area contributed by atoms with Crippen molar-refractivity contribution in [1.29, 1.82) is 0 Å². The van der Waals surface area contributed by atoms with Gasteiger partial charge in [-0.25, -0.2) is 0 Å². The zero-order valence-electron chi connectivity index (χ0n) is 11.2. The Morgan fingerprint density at radius 3 is 2.39 bits per heavy atom. The van der Waals surface area contributed by atoms with Gasteiger partial charge in [-0.1, -0.05) is 31.2 Å². The predicted octanol–water partition coefficient (Wildman–Crippen LogP) is 2.04. The molecule has 0 saturated carbocycles. The fourth-order valence-corrected chi connectivity index (χ4v) is 2.72. The van der Waals surface area contributed by atoms with Crippen LogP contribution in [0, 0.1) is 0 Å². The summed E-state index contributed by atoms with van der Waals surface area (Å²) in [6.45, 7) is 3.87. The van der Waals surface area contributed by atoms with Crippen LogP contribution in [0.4, 0.5) is 0 Å². The molecular weight excluding hydrogens is 226 g/mol. The average Bonchev–Trinajstić information content (AvgIpc) is 2.47. The molecule has 1 heterocycles. The van der Waals surface area contributed by atoms with Crippen LogP contribution in [-0.2, 0) is 21.4 Å². The van der Waals surface area contributed by atoms with Crippen molar-refractivity contribution in [2.45, 2.75) is 31.6 Å². The number of nitrogens with one attached hydrogen (secondary N) is 1. The standard InChI is InChI=1S/C15H21NO2/c1-3-12-4-6-13(7-5-12)15(14(17)18-2)8-10-16-11-9-15/h4-7,16H,3,8-11H2,1-2H3. The molecule has 1 saturated heterocycles. The number of benzene rings is 1. The highest BCUT2D eigenvalue weighted by Gasteiger charge is 2.42. The third-order valence-corrected chi connectivity index (χ3v) is 3.95. The topological polar surface area (TPSA) is 38.3 Å². The van der Waals surface area contributed by atoms with Gasteiger partial charge < -0.3 is 10.1 Å². The van der Waals surface area contributed by atoms with Gasteiger partial charge in [0.25, 0.3) is 0 Å².